The molecule has 0 aromatic heterocycles. The molecule has 0 aliphatic carbocycles. The van der Waals surface area contributed by atoms with Gasteiger partial charge in [0.1, 0.15) is 5.75 Å². The van der Waals surface area contributed by atoms with E-state index in [0.29, 0.717) is 28.3 Å². The van der Waals surface area contributed by atoms with Crippen molar-refractivity contribution in [2.24, 2.45) is 0 Å². The quantitative estimate of drug-likeness (QED) is 0.368. The standard InChI is InChI=1S/C19H15Cl3F3NO4/c20-12-4-6-16(14(22)9-12)29-7-1-2-18(28)30-10-17(27)26-15-8-11(19(23,24)25)3-5-13(15)21/h3-6,8-9H,1-2,7,10H2,(H,26,27). The highest BCUT2D eigenvalue weighted by atomic mass is 35.5. The summed E-state index contributed by atoms with van der Waals surface area (Å²) < 4.78 is 48.4. The molecule has 0 heterocycles. The van der Waals surface area contributed by atoms with E-state index in [1.165, 1.54) is 6.07 Å². The third-order valence-electron chi connectivity index (χ3n) is 3.61. The highest BCUT2D eigenvalue weighted by Gasteiger charge is 2.31. The van der Waals surface area contributed by atoms with Crippen molar-refractivity contribution in [1.29, 1.82) is 0 Å². The Balaban J connectivity index is 1.74. The van der Waals surface area contributed by atoms with Gasteiger partial charge in [-0.1, -0.05) is 34.8 Å². The summed E-state index contributed by atoms with van der Waals surface area (Å²) in [7, 11) is 0. The highest BCUT2D eigenvalue weighted by Crippen LogP contribution is 2.33. The largest absolute Gasteiger partial charge is 0.492 e. The van der Waals surface area contributed by atoms with Gasteiger partial charge in [0.2, 0.25) is 0 Å². The lowest BCUT2D eigenvalue weighted by Gasteiger charge is -2.12. The van der Waals surface area contributed by atoms with Crippen LogP contribution in [0.15, 0.2) is 36.4 Å². The van der Waals surface area contributed by atoms with Crippen LogP contribution in [0.25, 0.3) is 0 Å². The average Bonchev–Trinajstić information content (AvgIpc) is 2.66. The Morgan fingerprint density at radius 1 is 1.00 bits per heavy atom. The van der Waals surface area contributed by atoms with Crippen LogP contribution in [0.5, 0.6) is 5.75 Å². The number of carbonyl (C=O) groups excluding carboxylic acids is 2. The Morgan fingerprint density at radius 3 is 2.40 bits per heavy atom. The average molecular weight is 485 g/mol. The molecule has 0 fully saturated rings. The van der Waals surface area contributed by atoms with Crippen LogP contribution in [0.4, 0.5) is 18.9 Å². The maximum absolute atomic E-state index is 12.7. The summed E-state index contributed by atoms with van der Waals surface area (Å²) in [4.78, 5) is 23.5. The van der Waals surface area contributed by atoms with E-state index in [4.69, 9.17) is 44.3 Å². The SMILES string of the molecule is O=C(COC(=O)CCCOc1ccc(Cl)cc1Cl)Nc1cc(C(F)(F)F)ccc1Cl. The molecule has 2 aromatic rings. The summed E-state index contributed by atoms with van der Waals surface area (Å²) in [5.74, 6) is -1.09. The third-order valence-corrected chi connectivity index (χ3v) is 4.47. The summed E-state index contributed by atoms with van der Waals surface area (Å²) in [6, 6.07) is 7.21. The van der Waals surface area contributed by atoms with Gasteiger partial charge in [-0.25, -0.2) is 0 Å². The molecule has 30 heavy (non-hydrogen) atoms. The number of halogens is 6. The van der Waals surface area contributed by atoms with Crippen molar-refractivity contribution in [3.05, 3.63) is 57.0 Å². The van der Waals surface area contributed by atoms with E-state index >= 15 is 0 Å². The van der Waals surface area contributed by atoms with Crippen LogP contribution in [0.1, 0.15) is 18.4 Å². The number of amides is 1. The fourth-order valence-corrected chi connectivity index (χ4v) is 2.82. The maximum atomic E-state index is 12.7. The van der Waals surface area contributed by atoms with E-state index in [1.54, 1.807) is 12.1 Å². The zero-order valence-electron chi connectivity index (χ0n) is 15.2. The molecule has 2 rings (SSSR count). The summed E-state index contributed by atoms with van der Waals surface area (Å²) in [5.41, 5.74) is -1.21. The van der Waals surface area contributed by atoms with Crippen LogP contribution in [-0.4, -0.2) is 25.1 Å². The molecule has 1 amide bonds. The lowest BCUT2D eigenvalue weighted by atomic mass is 10.2. The van der Waals surface area contributed by atoms with Crippen molar-refractivity contribution in [3.63, 3.8) is 0 Å². The normalized spacial score (nSPS) is 11.1. The molecule has 0 unspecified atom stereocenters. The van der Waals surface area contributed by atoms with Gasteiger partial charge in [0.05, 0.1) is 27.9 Å². The van der Waals surface area contributed by atoms with Crippen LogP contribution < -0.4 is 10.1 Å². The molecular weight excluding hydrogens is 470 g/mol. The second kappa shape index (κ2) is 10.7. The predicted octanol–water partition coefficient (Wildman–Crippen LogP) is 6.01. The van der Waals surface area contributed by atoms with Crippen LogP contribution in [0, 0.1) is 0 Å². The molecule has 0 radical (unpaired) electrons. The van der Waals surface area contributed by atoms with E-state index < -0.39 is 30.2 Å². The van der Waals surface area contributed by atoms with E-state index in [2.05, 4.69) is 5.32 Å². The monoisotopic (exact) mass is 483 g/mol. The summed E-state index contributed by atoms with van der Waals surface area (Å²) >= 11 is 17.5. The minimum atomic E-state index is -4.59. The number of nitrogens with one attached hydrogen (secondary N) is 1. The van der Waals surface area contributed by atoms with E-state index in [9.17, 15) is 22.8 Å². The Kier molecular flexibility index (Phi) is 8.64. The second-order valence-electron chi connectivity index (χ2n) is 5.93. The van der Waals surface area contributed by atoms with E-state index in [1.807, 2.05) is 0 Å². The number of esters is 1. The first-order valence-electron chi connectivity index (χ1n) is 8.46. The zero-order valence-corrected chi connectivity index (χ0v) is 17.5. The van der Waals surface area contributed by atoms with Crippen LogP contribution in [-0.2, 0) is 20.5 Å². The molecule has 11 heteroatoms. The van der Waals surface area contributed by atoms with Crippen molar-refractivity contribution in [2.45, 2.75) is 19.0 Å². The first kappa shape index (κ1) is 24.1. The number of benzene rings is 2. The molecule has 5 nitrogen and oxygen atoms in total. The predicted molar refractivity (Wildman–Crippen MR) is 107 cm³/mol. The van der Waals surface area contributed by atoms with Gasteiger partial charge in [0.25, 0.3) is 5.91 Å². The smallest absolute Gasteiger partial charge is 0.416 e. The van der Waals surface area contributed by atoms with Gasteiger partial charge in [0.15, 0.2) is 6.61 Å². The minimum Gasteiger partial charge on any atom is -0.492 e. The number of hydrogen-bond acceptors (Lipinski definition) is 4. The van der Waals surface area contributed by atoms with Crippen LogP contribution in [0.2, 0.25) is 15.1 Å². The van der Waals surface area contributed by atoms with Crippen molar-refractivity contribution in [1.82, 2.24) is 0 Å². The van der Waals surface area contributed by atoms with Crippen molar-refractivity contribution >= 4 is 52.4 Å². The lowest BCUT2D eigenvalue weighted by molar-refractivity contribution is -0.147. The van der Waals surface area contributed by atoms with Crippen molar-refractivity contribution in [2.75, 3.05) is 18.5 Å². The van der Waals surface area contributed by atoms with Gasteiger partial charge >= 0.3 is 12.1 Å². The second-order valence-corrected chi connectivity index (χ2v) is 7.18. The van der Waals surface area contributed by atoms with Crippen molar-refractivity contribution < 1.29 is 32.2 Å². The van der Waals surface area contributed by atoms with E-state index in [0.717, 1.165) is 12.1 Å². The van der Waals surface area contributed by atoms with Gasteiger partial charge in [-0.15, -0.1) is 0 Å². The first-order chi connectivity index (χ1) is 14.1. The fourth-order valence-electron chi connectivity index (χ4n) is 2.19. The fraction of sp³-hybridized carbons (Fsp3) is 0.263. The molecule has 1 N–H and O–H groups in total. The zero-order chi connectivity index (χ0) is 22.3. The maximum Gasteiger partial charge on any atom is 0.416 e. The molecule has 0 aliphatic rings. The Labute approximate surface area is 185 Å². The Morgan fingerprint density at radius 2 is 1.73 bits per heavy atom. The molecule has 2 aromatic carbocycles. The van der Waals surface area contributed by atoms with Gasteiger partial charge < -0.3 is 14.8 Å². The van der Waals surface area contributed by atoms with Crippen LogP contribution >= 0.6 is 34.8 Å². The molecule has 0 saturated carbocycles. The van der Waals surface area contributed by atoms with E-state index in [-0.39, 0.29) is 23.7 Å². The first-order valence-corrected chi connectivity index (χ1v) is 9.59. The molecule has 0 atom stereocenters. The van der Waals surface area contributed by atoms with Crippen LogP contribution in [0.3, 0.4) is 0 Å². The number of hydrogen-bond donors (Lipinski definition) is 1. The van der Waals surface area contributed by atoms with Gasteiger partial charge in [-0.05, 0) is 42.8 Å². The number of alkyl halides is 3. The molecule has 0 bridgehead atoms. The summed E-state index contributed by atoms with van der Waals surface area (Å²) in [6.07, 6.45) is -4.34. The van der Waals surface area contributed by atoms with Gasteiger partial charge in [0, 0.05) is 11.4 Å². The summed E-state index contributed by atoms with van der Waals surface area (Å²) in [6.45, 7) is -0.502. The topological polar surface area (TPSA) is 64.6 Å². The molecule has 0 spiro atoms. The van der Waals surface area contributed by atoms with Gasteiger partial charge in [-0.2, -0.15) is 13.2 Å². The molecular formula is C19H15Cl3F3NO4. The third kappa shape index (κ3) is 7.59. The Bertz CT molecular complexity index is 922. The van der Waals surface area contributed by atoms with Crippen molar-refractivity contribution in [3.8, 4) is 5.75 Å². The number of anilines is 1. The molecule has 0 saturated heterocycles. The minimum absolute atomic E-state index is 0.0389. The number of rotatable bonds is 8. The lowest BCUT2D eigenvalue weighted by Crippen LogP contribution is -2.21. The molecule has 162 valence electrons. The number of carbonyl (C=O) groups is 2. The highest BCUT2D eigenvalue weighted by molar-refractivity contribution is 6.35. The number of ether oxygens (including phenoxy) is 2. The molecule has 0 aliphatic heterocycles. The summed E-state index contributed by atoms with van der Waals surface area (Å²) in [5, 5.41) is 2.88. The Hall–Kier alpha value is -2.16. The van der Waals surface area contributed by atoms with Gasteiger partial charge in [-0.3, -0.25) is 9.59 Å².